The molecule has 1 aliphatic rings. The van der Waals surface area contributed by atoms with Crippen LogP contribution in [0.25, 0.3) is 0 Å². The number of methoxy groups -OCH3 is 1. The third kappa shape index (κ3) is 2.72. The van der Waals surface area contributed by atoms with Gasteiger partial charge in [-0.1, -0.05) is 6.92 Å². The van der Waals surface area contributed by atoms with Crippen LogP contribution >= 0.6 is 11.8 Å². The minimum Gasteiger partial charge on any atom is -0.496 e. The molecule has 1 heterocycles. The second-order valence-electron chi connectivity index (χ2n) is 4.39. The Morgan fingerprint density at radius 1 is 1.56 bits per heavy atom. The number of anilines is 1. The molecule has 1 aromatic carbocycles. The summed E-state index contributed by atoms with van der Waals surface area (Å²) in [6, 6.07) is 5.16. The van der Waals surface area contributed by atoms with Crippen molar-refractivity contribution in [2.24, 2.45) is 0 Å². The summed E-state index contributed by atoms with van der Waals surface area (Å²) in [6.07, 6.45) is 0. The van der Waals surface area contributed by atoms with E-state index in [1.54, 1.807) is 25.3 Å². The Morgan fingerprint density at radius 2 is 2.33 bits per heavy atom. The van der Waals surface area contributed by atoms with Crippen LogP contribution in [0.1, 0.15) is 17.3 Å². The molecule has 0 bridgehead atoms. The Hall–Kier alpha value is -1.36. The fourth-order valence-corrected chi connectivity index (χ4v) is 3.07. The summed E-state index contributed by atoms with van der Waals surface area (Å²) >= 11 is 1.90. The highest BCUT2D eigenvalue weighted by Crippen LogP contribution is 2.25. The van der Waals surface area contributed by atoms with Crippen molar-refractivity contribution in [2.45, 2.75) is 12.2 Å². The average molecular weight is 266 g/mol. The third-order valence-corrected chi connectivity index (χ3v) is 4.12. The maximum absolute atomic E-state index is 12.4. The highest BCUT2D eigenvalue weighted by molar-refractivity contribution is 7.99. The summed E-state index contributed by atoms with van der Waals surface area (Å²) < 4.78 is 5.23. The zero-order chi connectivity index (χ0) is 13.1. The van der Waals surface area contributed by atoms with Crippen molar-refractivity contribution in [3.63, 3.8) is 0 Å². The van der Waals surface area contributed by atoms with Gasteiger partial charge in [0.1, 0.15) is 5.75 Å². The number of nitrogens with zero attached hydrogens (tertiary/aromatic N) is 1. The molecular weight excluding hydrogens is 248 g/mol. The predicted molar refractivity (Wildman–Crippen MR) is 75.2 cm³/mol. The number of carbonyl (C=O) groups is 1. The van der Waals surface area contributed by atoms with Crippen molar-refractivity contribution < 1.29 is 9.53 Å². The topological polar surface area (TPSA) is 55.6 Å². The molecule has 0 spiro atoms. The molecule has 0 radical (unpaired) electrons. The van der Waals surface area contributed by atoms with Crippen molar-refractivity contribution in [2.75, 3.05) is 31.7 Å². The Balaban J connectivity index is 2.22. The van der Waals surface area contributed by atoms with E-state index in [1.165, 1.54) is 0 Å². The zero-order valence-corrected chi connectivity index (χ0v) is 11.5. The van der Waals surface area contributed by atoms with Gasteiger partial charge in [-0.25, -0.2) is 0 Å². The van der Waals surface area contributed by atoms with Gasteiger partial charge in [0.15, 0.2) is 0 Å². The summed E-state index contributed by atoms with van der Waals surface area (Å²) in [5, 5.41) is 0.488. The van der Waals surface area contributed by atoms with Gasteiger partial charge in [0.25, 0.3) is 5.91 Å². The van der Waals surface area contributed by atoms with Gasteiger partial charge in [-0.2, -0.15) is 11.8 Å². The SMILES string of the molecule is COc1cc(N)ccc1C(=O)N1CCSC(C)C1. The van der Waals surface area contributed by atoms with Gasteiger partial charge in [0.05, 0.1) is 12.7 Å². The number of benzene rings is 1. The normalized spacial score (nSPS) is 19.7. The molecule has 5 heteroatoms. The molecule has 1 fully saturated rings. The lowest BCUT2D eigenvalue weighted by atomic mass is 10.1. The Bertz CT molecular complexity index is 451. The second kappa shape index (κ2) is 5.52. The number of hydrogen-bond donors (Lipinski definition) is 1. The van der Waals surface area contributed by atoms with Crippen LogP contribution in [0.5, 0.6) is 5.75 Å². The molecule has 2 N–H and O–H groups in total. The van der Waals surface area contributed by atoms with Crippen LogP contribution in [0.2, 0.25) is 0 Å². The molecule has 0 aromatic heterocycles. The van der Waals surface area contributed by atoms with E-state index in [-0.39, 0.29) is 5.91 Å². The van der Waals surface area contributed by atoms with E-state index in [0.29, 0.717) is 22.3 Å². The summed E-state index contributed by atoms with van der Waals surface area (Å²) in [4.78, 5) is 14.3. The van der Waals surface area contributed by atoms with Crippen molar-refractivity contribution in [1.82, 2.24) is 4.90 Å². The van der Waals surface area contributed by atoms with Crippen LogP contribution in [-0.2, 0) is 0 Å². The van der Waals surface area contributed by atoms with Gasteiger partial charge in [0, 0.05) is 35.8 Å². The largest absolute Gasteiger partial charge is 0.496 e. The maximum atomic E-state index is 12.4. The van der Waals surface area contributed by atoms with Gasteiger partial charge >= 0.3 is 0 Å². The number of thioether (sulfide) groups is 1. The molecule has 0 saturated carbocycles. The Morgan fingerprint density at radius 3 is 3.00 bits per heavy atom. The standard InChI is InChI=1S/C13H18N2O2S/c1-9-8-15(5-6-18-9)13(16)11-4-3-10(14)7-12(11)17-2/h3-4,7,9H,5-6,8,14H2,1-2H3. The first-order valence-electron chi connectivity index (χ1n) is 5.96. The van der Waals surface area contributed by atoms with Crippen LogP contribution < -0.4 is 10.5 Å². The van der Waals surface area contributed by atoms with Gasteiger partial charge in [-0.3, -0.25) is 4.79 Å². The van der Waals surface area contributed by atoms with Crippen molar-refractivity contribution in [3.8, 4) is 5.75 Å². The van der Waals surface area contributed by atoms with Crippen molar-refractivity contribution in [3.05, 3.63) is 23.8 Å². The molecule has 2 rings (SSSR count). The highest BCUT2D eigenvalue weighted by Gasteiger charge is 2.24. The monoisotopic (exact) mass is 266 g/mol. The molecule has 1 unspecified atom stereocenters. The van der Waals surface area contributed by atoms with Gasteiger partial charge in [-0.15, -0.1) is 0 Å². The molecule has 18 heavy (non-hydrogen) atoms. The molecule has 1 aromatic rings. The lowest BCUT2D eigenvalue weighted by Crippen LogP contribution is -2.41. The molecule has 0 aliphatic carbocycles. The van der Waals surface area contributed by atoms with Gasteiger partial charge in [-0.05, 0) is 12.1 Å². The summed E-state index contributed by atoms with van der Waals surface area (Å²) in [7, 11) is 1.56. The summed E-state index contributed by atoms with van der Waals surface area (Å²) in [5.74, 6) is 1.56. The molecule has 1 atom stereocenters. The van der Waals surface area contributed by atoms with Crippen molar-refractivity contribution >= 4 is 23.4 Å². The summed E-state index contributed by atoms with van der Waals surface area (Å²) in [5.41, 5.74) is 6.89. The number of ether oxygens (including phenoxy) is 1. The first-order chi connectivity index (χ1) is 8.61. The quantitative estimate of drug-likeness (QED) is 0.830. The van der Waals surface area contributed by atoms with Crippen LogP contribution in [0, 0.1) is 0 Å². The van der Waals surface area contributed by atoms with Crippen LogP contribution in [0.15, 0.2) is 18.2 Å². The van der Waals surface area contributed by atoms with E-state index < -0.39 is 0 Å². The van der Waals surface area contributed by atoms with Crippen molar-refractivity contribution in [1.29, 1.82) is 0 Å². The number of amides is 1. The highest BCUT2D eigenvalue weighted by atomic mass is 32.2. The predicted octanol–water partition coefficient (Wildman–Crippen LogP) is 1.85. The number of rotatable bonds is 2. The van der Waals surface area contributed by atoms with Crippen LogP contribution in [0.4, 0.5) is 5.69 Å². The summed E-state index contributed by atoms with van der Waals surface area (Å²) in [6.45, 7) is 3.72. The molecule has 98 valence electrons. The molecule has 1 saturated heterocycles. The molecular formula is C13H18N2O2S. The van der Waals surface area contributed by atoms with Gasteiger partial charge < -0.3 is 15.4 Å². The Kier molecular flexibility index (Phi) is 4.01. The number of nitrogen functional groups attached to an aromatic ring is 1. The zero-order valence-electron chi connectivity index (χ0n) is 10.7. The minimum absolute atomic E-state index is 0.0269. The van der Waals surface area contributed by atoms with E-state index in [1.807, 2.05) is 16.7 Å². The fraction of sp³-hybridized carbons (Fsp3) is 0.462. The lowest BCUT2D eigenvalue weighted by Gasteiger charge is -2.31. The smallest absolute Gasteiger partial charge is 0.257 e. The number of carbonyl (C=O) groups excluding carboxylic acids is 1. The van der Waals surface area contributed by atoms with E-state index in [2.05, 4.69) is 6.92 Å². The maximum Gasteiger partial charge on any atom is 0.257 e. The minimum atomic E-state index is 0.0269. The first kappa shape index (κ1) is 13.1. The van der Waals surface area contributed by atoms with Gasteiger partial charge in [0.2, 0.25) is 0 Å². The molecule has 1 aliphatic heterocycles. The average Bonchev–Trinajstić information content (AvgIpc) is 2.37. The Labute approximate surface area is 111 Å². The van der Waals surface area contributed by atoms with E-state index in [0.717, 1.165) is 18.8 Å². The van der Waals surface area contributed by atoms with E-state index in [9.17, 15) is 4.79 Å². The third-order valence-electron chi connectivity index (χ3n) is 2.98. The number of nitrogens with two attached hydrogens (primary N) is 1. The van der Waals surface area contributed by atoms with Crippen LogP contribution in [0.3, 0.4) is 0 Å². The molecule has 1 amide bonds. The van der Waals surface area contributed by atoms with E-state index in [4.69, 9.17) is 10.5 Å². The molecule has 4 nitrogen and oxygen atoms in total. The van der Waals surface area contributed by atoms with Crippen LogP contribution in [-0.4, -0.2) is 42.0 Å². The first-order valence-corrected chi connectivity index (χ1v) is 7.01. The lowest BCUT2D eigenvalue weighted by molar-refractivity contribution is 0.0760. The second-order valence-corrected chi connectivity index (χ2v) is 5.94. The van der Waals surface area contributed by atoms with E-state index >= 15 is 0 Å². The fourth-order valence-electron chi connectivity index (χ4n) is 2.06. The number of hydrogen-bond acceptors (Lipinski definition) is 4.